The van der Waals surface area contributed by atoms with Crippen LogP contribution >= 0.6 is 0 Å². The molecule has 0 fully saturated rings. The van der Waals surface area contributed by atoms with E-state index in [1.807, 2.05) is 0 Å². The van der Waals surface area contributed by atoms with Crippen LogP contribution in [-0.4, -0.2) is 6.04 Å². The van der Waals surface area contributed by atoms with Crippen molar-refractivity contribution in [2.75, 3.05) is 0 Å². The summed E-state index contributed by atoms with van der Waals surface area (Å²) >= 11 is 0. The maximum Gasteiger partial charge on any atom is 1.00 e. The zero-order valence-corrected chi connectivity index (χ0v) is 3.49. The molecule has 0 saturated heterocycles. The van der Waals surface area contributed by atoms with E-state index in [9.17, 15) is 4.39 Å². The van der Waals surface area contributed by atoms with E-state index in [1.165, 1.54) is 6.08 Å². The SMILES string of the molecule is C=[C-]C(=O)F.[Li+]. The van der Waals surface area contributed by atoms with Crippen LogP contribution in [0.2, 0.25) is 0 Å². The van der Waals surface area contributed by atoms with E-state index < -0.39 is 6.04 Å². The van der Waals surface area contributed by atoms with Crippen molar-refractivity contribution in [3.05, 3.63) is 12.7 Å². The van der Waals surface area contributed by atoms with Crippen molar-refractivity contribution in [3.8, 4) is 0 Å². The fraction of sp³-hybridized carbons (Fsp3) is 0. The molecular formula is C3H2FLiO. The van der Waals surface area contributed by atoms with Gasteiger partial charge in [-0.05, 0) is 0 Å². The first-order valence-corrected chi connectivity index (χ1v) is 0.997. The predicted molar refractivity (Wildman–Crippen MR) is 15.0 cm³/mol. The average Bonchev–Trinajstić information content (AvgIpc) is 1.38. The van der Waals surface area contributed by atoms with Gasteiger partial charge in [-0.1, -0.05) is 0 Å². The Bertz CT molecular complexity index is 61.8. The molecule has 0 radical (unpaired) electrons. The van der Waals surface area contributed by atoms with Gasteiger partial charge in [-0.25, -0.2) is 4.39 Å². The minimum atomic E-state index is -1.61. The second-order valence-electron chi connectivity index (χ2n) is 0.450. The molecule has 0 amide bonds. The summed E-state index contributed by atoms with van der Waals surface area (Å²) in [4.78, 5) is 8.97. The second kappa shape index (κ2) is 4.94. The molecule has 1 nitrogen and oxygen atoms in total. The summed E-state index contributed by atoms with van der Waals surface area (Å²) in [5.74, 6) is 0. The quantitative estimate of drug-likeness (QED) is 0.147. The predicted octanol–water partition coefficient (Wildman–Crippen LogP) is -2.52. The van der Waals surface area contributed by atoms with E-state index in [0.717, 1.165) is 0 Å². The number of carbonyl (C=O) groups excluding carboxylic acids is 1. The molecular weight excluding hydrogens is 78.0 g/mol. The van der Waals surface area contributed by atoms with Crippen molar-refractivity contribution in [2.45, 2.75) is 0 Å². The van der Waals surface area contributed by atoms with Crippen LogP contribution in [0.15, 0.2) is 6.58 Å². The van der Waals surface area contributed by atoms with Crippen LogP contribution in [-0.2, 0) is 4.79 Å². The Hall–Kier alpha value is -0.0626. The molecule has 0 atom stereocenters. The summed E-state index contributed by atoms with van der Waals surface area (Å²) in [5.41, 5.74) is 0. The fourth-order valence-electron chi connectivity index (χ4n) is 0. The normalized spacial score (nSPS) is 5.50. The number of hydrogen-bond acceptors (Lipinski definition) is 1. The molecule has 0 spiro atoms. The summed E-state index contributed by atoms with van der Waals surface area (Å²) in [6.07, 6.45) is 1.47. The van der Waals surface area contributed by atoms with E-state index >= 15 is 0 Å². The van der Waals surface area contributed by atoms with Crippen molar-refractivity contribution in [2.24, 2.45) is 0 Å². The van der Waals surface area contributed by atoms with Crippen molar-refractivity contribution in [3.63, 3.8) is 0 Å². The summed E-state index contributed by atoms with van der Waals surface area (Å²) in [6, 6.07) is -1.61. The zero-order valence-electron chi connectivity index (χ0n) is 3.49. The van der Waals surface area contributed by atoms with E-state index in [-0.39, 0.29) is 18.9 Å². The zero-order chi connectivity index (χ0) is 4.28. The summed E-state index contributed by atoms with van der Waals surface area (Å²) in [5, 5.41) is 0. The second-order valence-corrected chi connectivity index (χ2v) is 0.450. The Morgan fingerprint density at radius 2 is 2.00 bits per heavy atom. The fourth-order valence-corrected chi connectivity index (χ4v) is 0. The smallest absolute Gasteiger partial charge is 0.398 e. The van der Waals surface area contributed by atoms with Crippen LogP contribution in [0.4, 0.5) is 4.39 Å². The van der Waals surface area contributed by atoms with Crippen molar-refractivity contribution in [1.82, 2.24) is 0 Å². The van der Waals surface area contributed by atoms with Gasteiger partial charge in [-0.15, -0.1) is 0 Å². The molecule has 6 heavy (non-hydrogen) atoms. The van der Waals surface area contributed by atoms with Crippen LogP contribution in [0.5, 0.6) is 0 Å². The molecule has 0 unspecified atom stereocenters. The minimum absolute atomic E-state index is 0. The van der Waals surface area contributed by atoms with E-state index in [0.29, 0.717) is 0 Å². The molecule has 0 aliphatic heterocycles. The Kier molecular flexibility index (Phi) is 7.68. The number of hydrogen-bond donors (Lipinski definition) is 0. The topological polar surface area (TPSA) is 17.1 Å². The Morgan fingerprint density at radius 1 is 1.83 bits per heavy atom. The maximum atomic E-state index is 10.6. The van der Waals surface area contributed by atoms with Gasteiger partial charge in [0, 0.05) is 0 Å². The number of carbonyl (C=O) groups is 1. The van der Waals surface area contributed by atoms with E-state index in [4.69, 9.17) is 4.79 Å². The number of rotatable bonds is 1. The van der Waals surface area contributed by atoms with Gasteiger partial charge < -0.3 is 6.08 Å². The van der Waals surface area contributed by atoms with Crippen LogP contribution in [0.25, 0.3) is 0 Å². The third kappa shape index (κ3) is 9.05. The van der Waals surface area contributed by atoms with Crippen molar-refractivity contribution < 1.29 is 28.0 Å². The molecule has 0 aliphatic carbocycles. The van der Waals surface area contributed by atoms with Gasteiger partial charge >= 0.3 is 18.9 Å². The Balaban J connectivity index is 0. The van der Waals surface area contributed by atoms with Gasteiger partial charge in [-0.3, -0.25) is 11.4 Å². The first kappa shape index (κ1) is 9.34. The maximum absolute atomic E-state index is 10.6. The summed E-state index contributed by atoms with van der Waals surface area (Å²) < 4.78 is 10.6. The third-order valence-corrected chi connectivity index (χ3v) is 0.139. The standard InChI is InChI=1S/C3H2FO.Li/c1-2-3(4)5;/h1H2;/q-1;+1. The van der Waals surface area contributed by atoms with Crippen LogP contribution in [0.3, 0.4) is 0 Å². The van der Waals surface area contributed by atoms with Gasteiger partial charge in [0.05, 0.1) is 0 Å². The molecule has 0 saturated carbocycles. The summed E-state index contributed by atoms with van der Waals surface area (Å²) in [6.45, 7) is 2.71. The first-order chi connectivity index (χ1) is 2.27. The molecule has 0 N–H and O–H groups in total. The Morgan fingerprint density at radius 3 is 2.00 bits per heavy atom. The largest absolute Gasteiger partial charge is 1.00 e. The molecule has 0 aromatic rings. The minimum Gasteiger partial charge on any atom is -0.398 e. The Labute approximate surface area is 47.4 Å². The van der Waals surface area contributed by atoms with Gasteiger partial charge in [0.25, 0.3) is 0 Å². The summed E-state index contributed by atoms with van der Waals surface area (Å²) in [7, 11) is 0. The molecule has 0 heterocycles. The van der Waals surface area contributed by atoms with Crippen LogP contribution < -0.4 is 18.9 Å². The van der Waals surface area contributed by atoms with Crippen molar-refractivity contribution >= 4 is 6.04 Å². The average molecular weight is 80.0 g/mol. The van der Waals surface area contributed by atoms with Crippen LogP contribution in [0, 0.1) is 6.08 Å². The molecule has 0 aromatic carbocycles. The van der Waals surface area contributed by atoms with Gasteiger partial charge in [0.2, 0.25) is 0 Å². The molecule has 28 valence electrons. The molecule has 0 aromatic heterocycles. The van der Waals surface area contributed by atoms with Crippen LogP contribution in [0.1, 0.15) is 0 Å². The van der Waals surface area contributed by atoms with Gasteiger partial charge in [0.1, 0.15) is 0 Å². The van der Waals surface area contributed by atoms with E-state index in [1.54, 1.807) is 0 Å². The van der Waals surface area contributed by atoms with Crippen molar-refractivity contribution in [1.29, 1.82) is 0 Å². The monoisotopic (exact) mass is 80.0 g/mol. The van der Waals surface area contributed by atoms with Gasteiger partial charge in [0.15, 0.2) is 6.04 Å². The van der Waals surface area contributed by atoms with E-state index in [2.05, 4.69) is 6.58 Å². The molecule has 0 bridgehead atoms. The first-order valence-electron chi connectivity index (χ1n) is 0.997. The number of allylic oxidation sites excluding steroid dienone is 1. The number of halogens is 1. The molecule has 0 aliphatic rings. The molecule has 0 rings (SSSR count). The molecule has 3 heteroatoms. The van der Waals surface area contributed by atoms with Gasteiger partial charge in [-0.2, -0.15) is 0 Å². The third-order valence-electron chi connectivity index (χ3n) is 0.139.